The lowest BCUT2D eigenvalue weighted by atomic mass is 10.0. The number of carbonyl (C=O) groups is 1. The van der Waals surface area contributed by atoms with Crippen LogP contribution in [0.25, 0.3) is 16.8 Å². The molecule has 6 heteroatoms. The zero-order valence-corrected chi connectivity index (χ0v) is 16.6. The molecule has 0 N–H and O–H groups in total. The minimum atomic E-state index is -0.0353. The molecule has 146 valence electrons. The maximum atomic E-state index is 12.7. The smallest absolute Gasteiger partial charge is 0.239 e. The van der Waals surface area contributed by atoms with Gasteiger partial charge in [0.05, 0.1) is 12.2 Å². The summed E-state index contributed by atoms with van der Waals surface area (Å²) >= 11 is 0. The predicted molar refractivity (Wildman–Crippen MR) is 110 cm³/mol. The second-order valence-corrected chi connectivity index (χ2v) is 7.54. The van der Waals surface area contributed by atoms with E-state index in [1.807, 2.05) is 53.3 Å². The van der Waals surface area contributed by atoms with Gasteiger partial charge in [-0.05, 0) is 12.0 Å². The van der Waals surface area contributed by atoms with E-state index in [0.29, 0.717) is 0 Å². The molecule has 1 atom stereocenters. The lowest BCUT2D eigenvalue weighted by Gasteiger charge is -2.39. The third-order valence-electron chi connectivity index (χ3n) is 5.54. The van der Waals surface area contributed by atoms with Crippen LogP contribution >= 0.6 is 0 Å². The van der Waals surface area contributed by atoms with Gasteiger partial charge in [0.15, 0.2) is 5.65 Å². The average molecular weight is 377 g/mol. The summed E-state index contributed by atoms with van der Waals surface area (Å²) in [4.78, 5) is 21.5. The molecule has 1 fully saturated rings. The number of benzene rings is 1. The Kier molecular flexibility index (Phi) is 5.39. The molecule has 0 radical (unpaired) electrons. The third-order valence-corrected chi connectivity index (χ3v) is 5.54. The van der Waals surface area contributed by atoms with Crippen molar-refractivity contribution in [3.63, 3.8) is 0 Å². The first-order valence-corrected chi connectivity index (χ1v) is 10.0. The molecular formula is C22H27N5O. The average Bonchev–Trinajstić information content (AvgIpc) is 3.14. The van der Waals surface area contributed by atoms with E-state index in [4.69, 9.17) is 0 Å². The first-order valence-electron chi connectivity index (χ1n) is 10.0. The second kappa shape index (κ2) is 8.10. The van der Waals surface area contributed by atoms with Crippen LogP contribution in [0.1, 0.15) is 31.7 Å². The molecule has 6 nitrogen and oxygen atoms in total. The number of fused-ring (bicyclic) bond motifs is 1. The SMILES string of the molecule is CCCCC1C(=O)N(C)CCN1Cc1cnc2c(-c3ccccc3)cnn2c1. The van der Waals surface area contributed by atoms with Gasteiger partial charge in [0.25, 0.3) is 0 Å². The Morgan fingerprint density at radius 1 is 1.14 bits per heavy atom. The summed E-state index contributed by atoms with van der Waals surface area (Å²) in [6.07, 6.45) is 8.90. The van der Waals surface area contributed by atoms with Gasteiger partial charge in [0, 0.05) is 50.2 Å². The van der Waals surface area contributed by atoms with Gasteiger partial charge in [-0.1, -0.05) is 50.1 Å². The van der Waals surface area contributed by atoms with E-state index in [1.54, 1.807) is 0 Å². The van der Waals surface area contributed by atoms with Crippen molar-refractivity contribution in [2.24, 2.45) is 0 Å². The van der Waals surface area contributed by atoms with Crippen LogP contribution < -0.4 is 0 Å². The maximum absolute atomic E-state index is 12.7. The quantitative estimate of drug-likeness (QED) is 0.662. The van der Waals surface area contributed by atoms with Crippen molar-refractivity contribution >= 4 is 11.6 Å². The number of amides is 1. The van der Waals surface area contributed by atoms with E-state index in [9.17, 15) is 4.79 Å². The molecule has 1 amide bonds. The summed E-state index contributed by atoms with van der Waals surface area (Å²) in [6.45, 7) is 4.55. The highest BCUT2D eigenvalue weighted by Crippen LogP contribution is 2.24. The molecule has 28 heavy (non-hydrogen) atoms. The van der Waals surface area contributed by atoms with Gasteiger partial charge >= 0.3 is 0 Å². The van der Waals surface area contributed by atoms with E-state index in [-0.39, 0.29) is 11.9 Å². The number of hydrogen-bond donors (Lipinski definition) is 0. The Balaban J connectivity index is 1.56. The number of hydrogen-bond acceptors (Lipinski definition) is 4. The fourth-order valence-electron chi connectivity index (χ4n) is 3.90. The largest absolute Gasteiger partial charge is 0.343 e. The molecule has 0 aliphatic carbocycles. The summed E-state index contributed by atoms with van der Waals surface area (Å²) in [5, 5.41) is 4.50. The van der Waals surface area contributed by atoms with Gasteiger partial charge in [0.2, 0.25) is 5.91 Å². The summed E-state index contributed by atoms with van der Waals surface area (Å²) < 4.78 is 1.84. The lowest BCUT2D eigenvalue weighted by Crippen LogP contribution is -2.55. The van der Waals surface area contributed by atoms with Crippen LogP contribution in [0.2, 0.25) is 0 Å². The molecular weight excluding hydrogens is 350 g/mol. The molecule has 4 rings (SSSR count). The number of piperazine rings is 1. The lowest BCUT2D eigenvalue weighted by molar-refractivity contribution is -0.140. The van der Waals surface area contributed by atoms with Crippen molar-refractivity contribution in [2.45, 2.75) is 38.8 Å². The number of likely N-dealkylation sites (N-methyl/N-ethyl adjacent to an activating group) is 1. The molecule has 1 aliphatic rings. The summed E-state index contributed by atoms with van der Waals surface area (Å²) in [6, 6.07) is 10.2. The number of aromatic nitrogens is 3. The zero-order chi connectivity index (χ0) is 19.5. The van der Waals surface area contributed by atoms with Crippen molar-refractivity contribution in [1.29, 1.82) is 0 Å². The molecule has 1 unspecified atom stereocenters. The minimum Gasteiger partial charge on any atom is -0.343 e. The number of nitrogens with zero attached hydrogens (tertiary/aromatic N) is 5. The highest BCUT2D eigenvalue weighted by Gasteiger charge is 2.32. The van der Waals surface area contributed by atoms with Crippen LogP contribution in [0, 0.1) is 0 Å². The second-order valence-electron chi connectivity index (χ2n) is 7.54. The Morgan fingerprint density at radius 3 is 2.75 bits per heavy atom. The molecule has 1 aliphatic heterocycles. The van der Waals surface area contributed by atoms with Gasteiger partial charge < -0.3 is 4.90 Å². The van der Waals surface area contributed by atoms with Crippen molar-refractivity contribution < 1.29 is 4.79 Å². The Bertz CT molecular complexity index is 952. The van der Waals surface area contributed by atoms with E-state index >= 15 is 0 Å². The van der Waals surface area contributed by atoms with Crippen molar-refractivity contribution in [3.05, 3.63) is 54.5 Å². The summed E-state index contributed by atoms with van der Waals surface area (Å²) in [7, 11) is 1.90. The molecule has 1 aromatic carbocycles. The summed E-state index contributed by atoms with van der Waals surface area (Å²) in [5.41, 5.74) is 4.07. The first-order chi connectivity index (χ1) is 13.7. The fourth-order valence-corrected chi connectivity index (χ4v) is 3.90. The predicted octanol–water partition coefficient (Wildman–Crippen LogP) is 3.23. The van der Waals surface area contributed by atoms with Crippen LogP contribution in [0.4, 0.5) is 0 Å². The Morgan fingerprint density at radius 2 is 1.96 bits per heavy atom. The number of unbranched alkanes of at least 4 members (excludes halogenated alkanes) is 1. The highest BCUT2D eigenvalue weighted by molar-refractivity contribution is 5.82. The van der Waals surface area contributed by atoms with Crippen LogP contribution in [-0.2, 0) is 11.3 Å². The first kappa shape index (κ1) is 18.6. The minimum absolute atomic E-state index is 0.0353. The Hall–Kier alpha value is -2.73. The van der Waals surface area contributed by atoms with E-state index in [0.717, 1.165) is 61.2 Å². The molecule has 0 saturated carbocycles. The van der Waals surface area contributed by atoms with Crippen molar-refractivity contribution in [2.75, 3.05) is 20.1 Å². The van der Waals surface area contributed by atoms with Gasteiger partial charge in [-0.15, -0.1) is 0 Å². The summed E-state index contributed by atoms with van der Waals surface area (Å²) in [5.74, 6) is 0.235. The fraction of sp³-hybridized carbons (Fsp3) is 0.409. The van der Waals surface area contributed by atoms with E-state index in [2.05, 4.69) is 34.0 Å². The number of rotatable bonds is 6. The maximum Gasteiger partial charge on any atom is 0.239 e. The van der Waals surface area contributed by atoms with Crippen LogP contribution in [0.3, 0.4) is 0 Å². The van der Waals surface area contributed by atoms with Gasteiger partial charge in [-0.2, -0.15) is 5.10 Å². The monoisotopic (exact) mass is 377 g/mol. The van der Waals surface area contributed by atoms with Crippen LogP contribution in [-0.4, -0.2) is 56.5 Å². The zero-order valence-electron chi connectivity index (χ0n) is 16.6. The van der Waals surface area contributed by atoms with Gasteiger partial charge in [-0.25, -0.2) is 9.50 Å². The Labute approximate surface area is 165 Å². The van der Waals surface area contributed by atoms with E-state index < -0.39 is 0 Å². The standard InChI is InChI=1S/C22H27N5O/c1-3-4-10-20-22(28)25(2)11-12-26(20)15-17-13-23-21-19(14-24-27(21)16-17)18-8-6-5-7-9-18/h5-9,13-14,16,20H,3-4,10-12,15H2,1-2H3. The molecule has 3 aromatic rings. The van der Waals surface area contributed by atoms with Crippen molar-refractivity contribution in [1.82, 2.24) is 24.4 Å². The van der Waals surface area contributed by atoms with E-state index in [1.165, 1.54) is 0 Å². The van der Waals surface area contributed by atoms with Crippen LogP contribution in [0.5, 0.6) is 0 Å². The molecule has 1 saturated heterocycles. The van der Waals surface area contributed by atoms with Crippen molar-refractivity contribution in [3.8, 4) is 11.1 Å². The normalized spacial score (nSPS) is 18.1. The molecule has 3 heterocycles. The third kappa shape index (κ3) is 3.64. The van der Waals surface area contributed by atoms with Gasteiger partial charge in [0.1, 0.15) is 0 Å². The van der Waals surface area contributed by atoms with Crippen LogP contribution in [0.15, 0.2) is 48.9 Å². The molecule has 2 aromatic heterocycles. The van der Waals surface area contributed by atoms with Gasteiger partial charge in [-0.3, -0.25) is 9.69 Å². The molecule has 0 spiro atoms. The highest BCUT2D eigenvalue weighted by atomic mass is 16.2. The molecule has 0 bridgehead atoms. The topological polar surface area (TPSA) is 53.7 Å². The number of carbonyl (C=O) groups excluding carboxylic acids is 1.